The maximum atomic E-state index is 13.1. The van der Waals surface area contributed by atoms with Gasteiger partial charge in [-0.25, -0.2) is 0 Å². The third-order valence-corrected chi connectivity index (χ3v) is 18.6. The average Bonchev–Trinajstić information content (AvgIpc) is 3.20. The van der Waals surface area contributed by atoms with E-state index >= 15 is 0 Å². The van der Waals surface area contributed by atoms with E-state index < -0.39 is 121 Å². The minimum absolute atomic E-state index is 0.0349. The van der Waals surface area contributed by atoms with Crippen molar-refractivity contribution in [1.29, 1.82) is 0 Å². The van der Waals surface area contributed by atoms with E-state index in [-0.39, 0.29) is 47.2 Å². The number of carboxylic acid groups (broad SMARTS) is 1. The van der Waals surface area contributed by atoms with Gasteiger partial charge in [-0.3, -0.25) is 4.79 Å². The number of allylic oxidation sites excluding steroid dienone is 2. The van der Waals surface area contributed by atoms with E-state index in [0.29, 0.717) is 19.3 Å². The molecule has 63 heavy (non-hydrogen) atoms. The lowest BCUT2D eigenvalue weighted by molar-refractivity contribution is -0.357. The van der Waals surface area contributed by atoms with Gasteiger partial charge in [-0.1, -0.05) is 60.1 Å². The summed E-state index contributed by atoms with van der Waals surface area (Å²) in [6, 6.07) is 0. The molecule has 17 heteroatoms. The number of hydrogen-bond acceptors (Lipinski definition) is 16. The fourth-order valence-corrected chi connectivity index (χ4v) is 14.6. The van der Waals surface area contributed by atoms with Crippen molar-refractivity contribution in [1.82, 2.24) is 0 Å². The number of rotatable bonds is 8. The fraction of sp³-hybridized carbons (Fsp3) is 0.935. The molecule has 0 amide bonds. The second-order valence-electron chi connectivity index (χ2n) is 22.7. The molecular formula is C46H74O17. The quantitative estimate of drug-likeness (QED) is 0.120. The van der Waals surface area contributed by atoms with Crippen molar-refractivity contribution in [3.8, 4) is 0 Å². The third kappa shape index (κ3) is 7.50. The highest BCUT2D eigenvalue weighted by molar-refractivity contribution is 5.77. The average molecular weight is 899 g/mol. The first-order chi connectivity index (χ1) is 29.3. The number of fused-ring (bicyclic) bond motifs is 7. The Labute approximate surface area is 369 Å². The van der Waals surface area contributed by atoms with Crippen LogP contribution >= 0.6 is 0 Å². The first-order valence-corrected chi connectivity index (χ1v) is 23.2. The molecule has 5 aliphatic carbocycles. The largest absolute Gasteiger partial charge is 0.481 e. The molecule has 17 nitrogen and oxygen atoms in total. The minimum Gasteiger partial charge on any atom is -0.481 e. The highest BCUT2D eigenvalue weighted by Gasteiger charge is 2.71. The summed E-state index contributed by atoms with van der Waals surface area (Å²) in [6.45, 7) is 14.7. The summed E-state index contributed by atoms with van der Waals surface area (Å²) >= 11 is 0. The zero-order chi connectivity index (χ0) is 46.0. The van der Waals surface area contributed by atoms with Gasteiger partial charge in [0, 0.05) is 0 Å². The molecule has 8 aliphatic rings. The van der Waals surface area contributed by atoms with Crippen LogP contribution in [0, 0.1) is 50.2 Å². The van der Waals surface area contributed by atoms with Crippen molar-refractivity contribution in [3.05, 3.63) is 11.6 Å². The number of aliphatic hydroxyl groups excluding tert-OH is 9. The van der Waals surface area contributed by atoms with E-state index in [4.69, 9.17) is 28.4 Å². The standard InChI is InChI=1S/C46H74O17/c1-41(2)14-15-46(40(56)57)22(16-41)21-8-9-27-43(5)12-11-29(42(3,4)26(43)10-13-44(27,6)45(21,7)17-28(46)49)62-38-35(55)33(53)32(52)25(61-38)20-60-39-36(31(51)24(48)19-59-39)63-37-34(54)30(50)23(47)18-58-37/h8,22-39,47-55H,9-20H2,1-7H3,(H,56,57)/t22-,23-,24-,25+,26+,27+,28+,29-,30-,31-,32+,33-,34+,35+,36+,37-,38-,39-,43-,44+,45+,46+/m0/s1. The second kappa shape index (κ2) is 16.7. The molecule has 3 aliphatic heterocycles. The Morgan fingerprint density at radius 1 is 0.698 bits per heavy atom. The molecule has 0 aromatic carbocycles. The normalized spacial score (nSPS) is 54.1. The van der Waals surface area contributed by atoms with Crippen molar-refractivity contribution < 1.29 is 84.3 Å². The van der Waals surface area contributed by atoms with Crippen molar-refractivity contribution >= 4 is 5.97 Å². The van der Waals surface area contributed by atoms with Crippen LogP contribution in [0.15, 0.2) is 11.6 Å². The minimum atomic E-state index is -1.70. The molecule has 0 unspecified atom stereocenters. The predicted octanol–water partition coefficient (Wildman–Crippen LogP) is 0.955. The van der Waals surface area contributed by atoms with Crippen LogP contribution < -0.4 is 0 Å². The maximum Gasteiger partial charge on any atom is 0.312 e. The number of aliphatic hydroxyl groups is 9. The molecule has 22 atom stereocenters. The molecule has 0 aromatic rings. The molecule has 0 spiro atoms. The van der Waals surface area contributed by atoms with E-state index in [1.54, 1.807) is 0 Å². The van der Waals surface area contributed by atoms with Crippen LogP contribution in [-0.2, 0) is 33.2 Å². The monoisotopic (exact) mass is 898 g/mol. The van der Waals surface area contributed by atoms with E-state index in [2.05, 4.69) is 54.5 Å². The van der Waals surface area contributed by atoms with Gasteiger partial charge in [-0.2, -0.15) is 0 Å². The molecule has 0 radical (unpaired) electrons. The highest BCUT2D eigenvalue weighted by Crippen LogP contribution is 2.76. The van der Waals surface area contributed by atoms with Gasteiger partial charge in [-0.15, -0.1) is 0 Å². The molecular weight excluding hydrogens is 824 g/mol. The van der Waals surface area contributed by atoms with Gasteiger partial charge in [0.1, 0.15) is 66.5 Å². The predicted molar refractivity (Wildman–Crippen MR) is 220 cm³/mol. The number of aliphatic carboxylic acids is 1. The van der Waals surface area contributed by atoms with Crippen molar-refractivity contribution in [3.63, 3.8) is 0 Å². The SMILES string of the molecule is CC1(C)CC[C@]2(C(=O)O)[C@H](O)C[C@]3(C)C(=CC[C@@H]4[C@@]5(C)CC[C@H](O[C@@H]6O[C@H](CO[C@@H]7OC[C@H](O)[C@H](O)[C@H]7O[C@@H]7OC[C@H](O)[C@H](O)[C@H]7O)[C@@H](O)[C@H](O)[C@H]6O)C(C)(C)[C@H]5CC[C@]43C)[C@@H]2C1. The third-order valence-electron chi connectivity index (χ3n) is 18.6. The number of hydrogen-bond donors (Lipinski definition) is 10. The molecule has 0 aromatic heterocycles. The Hall–Kier alpha value is -1.39. The lowest BCUT2D eigenvalue weighted by Gasteiger charge is -2.71. The summed E-state index contributed by atoms with van der Waals surface area (Å²) in [5.74, 6) is -0.701. The van der Waals surface area contributed by atoms with Crippen LogP contribution in [0.1, 0.15) is 106 Å². The number of carboxylic acids is 1. The number of carbonyl (C=O) groups is 1. The van der Waals surface area contributed by atoms with Crippen LogP contribution in [-0.4, -0.2) is 169 Å². The van der Waals surface area contributed by atoms with Gasteiger partial charge in [0.2, 0.25) is 0 Å². The van der Waals surface area contributed by atoms with Crippen LogP contribution in [0.25, 0.3) is 0 Å². The Balaban J connectivity index is 0.970. The summed E-state index contributed by atoms with van der Waals surface area (Å²) in [6.07, 6.45) is -12.3. The van der Waals surface area contributed by atoms with Gasteiger partial charge >= 0.3 is 5.97 Å². The van der Waals surface area contributed by atoms with Gasteiger partial charge in [0.25, 0.3) is 0 Å². The Morgan fingerprint density at radius 3 is 2.03 bits per heavy atom. The molecule has 0 bridgehead atoms. The van der Waals surface area contributed by atoms with Crippen molar-refractivity contribution in [2.45, 2.75) is 198 Å². The van der Waals surface area contributed by atoms with Gasteiger partial charge < -0.3 is 79.5 Å². The van der Waals surface area contributed by atoms with Crippen molar-refractivity contribution in [2.75, 3.05) is 19.8 Å². The first kappa shape index (κ1) is 48.1. The van der Waals surface area contributed by atoms with Gasteiger partial charge in [0.05, 0.1) is 32.0 Å². The lowest BCUT2D eigenvalue weighted by atomic mass is 9.33. The zero-order valence-electron chi connectivity index (χ0n) is 37.8. The molecule has 3 saturated heterocycles. The van der Waals surface area contributed by atoms with Crippen LogP contribution in [0.2, 0.25) is 0 Å². The Morgan fingerprint density at radius 2 is 1.35 bits per heavy atom. The van der Waals surface area contributed by atoms with E-state index in [1.807, 2.05) is 0 Å². The van der Waals surface area contributed by atoms with E-state index in [1.165, 1.54) is 5.57 Å². The molecule has 3 heterocycles. The van der Waals surface area contributed by atoms with Gasteiger partial charge in [0.15, 0.2) is 18.9 Å². The molecule has 4 saturated carbocycles. The maximum absolute atomic E-state index is 13.1. The summed E-state index contributed by atoms with van der Waals surface area (Å²) < 4.78 is 35.4. The summed E-state index contributed by atoms with van der Waals surface area (Å²) in [7, 11) is 0. The van der Waals surface area contributed by atoms with Gasteiger partial charge in [-0.05, 0) is 103 Å². The van der Waals surface area contributed by atoms with Crippen LogP contribution in [0.3, 0.4) is 0 Å². The van der Waals surface area contributed by atoms with Crippen molar-refractivity contribution in [2.24, 2.45) is 50.2 Å². The van der Waals surface area contributed by atoms with E-state index in [9.17, 15) is 55.9 Å². The van der Waals surface area contributed by atoms with Crippen LogP contribution in [0.4, 0.5) is 0 Å². The topological polar surface area (TPSA) is 275 Å². The fourth-order valence-electron chi connectivity index (χ4n) is 14.6. The summed E-state index contributed by atoms with van der Waals surface area (Å²) in [5, 5.41) is 108. The lowest BCUT2D eigenvalue weighted by Crippen LogP contribution is -2.68. The summed E-state index contributed by atoms with van der Waals surface area (Å²) in [4.78, 5) is 13.1. The summed E-state index contributed by atoms with van der Waals surface area (Å²) in [5.41, 5.74) is -1.18. The first-order valence-electron chi connectivity index (χ1n) is 23.2. The van der Waals surface area contributed by atoms with Crippen LogP contribution in [0.5, 0.6) is 0 Å². The molecule has 8 rings (SSSR count). The highest BCUT2D eigenvalue weighted by atomic mass is 16.8. The number of ether oxygens (including phenoxy) is 6. The second-order valence-corrected chi connectivity index (χ2v) is 22.7. The Kier molecular flexibility index (Phi) is 12.7. The zero-order valence-corrected chi connectivity index (χ0v) is 37.8. The smallest absolute Gasteiger partial charge is 0.312 e. The molecule has 10 N–H and O–H groups in total. The van der Waals surface area contributed by atoms with E-state index in [0.717, 1.165) is 38.5 Å². The Bertz CT molecular complexity index is 1730. The molecule has 360 valence electrons. The molecule has 7 fully saturated rings.